The Morgan fingerprint density at radius 1 is 0.952 bits per heavy atom. The van der Waals surface area contributed by atoms with Gasteiger partial charge in [-0.2, -0.15) is 0 Å². The molecule has 21 heavy (non-hydrogen) atoms. The van der Waals surface area contributed by atoms with Gasteiger partial charge in [-0.25, -0.2) is 0 Å². The summed E-state index contributed by atoms with van der Waals surface area (Å²) >= 11 is 0. The molecule has 0 spiro atoms. The van der Waals surface area contributed by atoms with Gasteiger partial charge in [0.05, 0.1) is 7.11 Å². The molecule has 0 aromatic heterocycles. The molecule has 0 saturated heterocycles. The smallest absolute Gasteiger partial charge is 0.123 e. The van der Waals surface area contributed by atoms with E-state index in [1.807, 2.05) is 18.2 Å². The number of rotatable bonds is 6. The van der Waals surface area contributed by atoms with Crippen molar-refractivity contribution in [1.29, 1.82) is 0 Å². The van der Waals surface area contributed by atoms with Crippen LogP contribution in [0.15, 0.2) is 36.4 Å². The van der Waals surface area contributed by atoms with Crippen LogP contribution in [0.2, 0.25) is 0 Å². The van der Waals surface area contributed by atoms with Gasteiger partial charge in [-0.05, 0) is 53.8 Å². The van der Waals surface area contributed by atoms with E-state index in [4.69, 9.17) is 4.74 Å². The van der Waals surface area contributed by atoms with Gasteiger partial charge in [0.25, 0.3) is 0 Å². The maximum atomic E-state index is 10.2. The molecule has 2 heteroatoms. The molecular weight excluding hydrogens is 260 g/mol. The Hall–Kier alpha value is -1.96. The number of benzene rings is 2. The maximum Gasteiger partial charge on any atom is 0.123 e. The second kappa shape index (κ2) is 7.16. The molecule has 1 N–H and O–H groups in total. The minimum Gasteiger partial charge on any atom is -0.507 e. The van der Waals surface area contributed by atoms with Crippen molar-refractivity contribution in [2.24, 2.45) is 0 Å². The van der Waals surface area contributed by atoms with Crippen molar-refractivity contribution < 1.29 is 9.84 Å². The van der Waals surface area contributed by atoms with E-state index in [1.165, 1.54) is 11.1 Å². The van der Waals surface area contributed by atoms with Gasteiger partial charge in [-0.15, -0.1) is 0 Å². The third kappa shape index (κ3) is 3.57. The fourth-order valence-electron chi connectivity index (χ4n) is 2.67. The van der Waals surface area contributed by atoms with Crippen LogP contribution in [-0.4, -0.2) is 12.2 Å². The molecule has 0 fully saturated rings. The van der Waals surface area contributed by atoms with Gasteiger partial charge in [-0.1, -0.05) is 38.8 Å². The number of aromatic hydroxyl groups is 1. The van der Waals surface area contributed by atoms with E-state index in [0.29, 0.717) is 5.75 Å². The van der Waals surface area contributed by atoms with E-state index in [1.54, 1.807) is 13.2 Å². The predicted octanol–water partition coefficient (Wildman–Crippen LogP) is 4.97. The van der Waals surface area contributed by atoms with Crippen molar-refractivity contribution in [3.05, 3.63) is 47.5 Å². The van der Waals surface area contributed by atoms with Crippen LogP contribution in [0.25, 0.3) is 11.1 Å². The Balaban J connectivity index is 2.45. The number of aryl methyl sites for hydroxylation is 2. The first-order valence-electron chi connectivity index (χ1n) is 7.68. The molecule has 2 aromatic rings. The Bertz CT molecular complexity index is 603. The minimum absolute atomic E-state index is 0.336. The van der Waals surface area contributed by atoms with Crippen LogP contribution in [0.5, 0.6) is 11.5 Å². The van der Waals surface area contributed by atoms with Crippen molar-refractivity contribution in [1.82, 2.24) is 0 Å². The van der Waals surface area contributed by atoms with Crippen LogP contribution in [0.4, 0.5) is 0 Å². The zero-order valence-corrected chi connectivity index (χ0v) is 13.1. The van der Waals surface area contributed by atoms with E-state index in [2.05, 4.69) is 26.0 Å². The average molecular weight is 284 g/mol. The molecule has 0 heterocycles. The van der Waals surface area contributed by atoms with E-state index >= 15 is 0 Å². The van der Waals surface area contributed by atoms with E-state index < -0.39 is 0 Å². The lowest BCUT2D eigenvalue weighted by Crippen LogP contribution is -1.93. The fourth-order valence-corrected chi connectivity index (χ4v) is 2.67. The van der Waals surface area contributed by atoms with Crippen molar-refractivity contribution in [2.75, 3.05) is 7.11 Å². The molecule has 0 aliphatic rings. The molecule has 0 aliphatic heterocycles. The molecule has 0 radical (unpaired) electrons. The molecule has 2 nitrogen and oxygen atoms in total. The molecule has 0 atom stereocenters. The van der Waals surface area contributed by atoms with Gasteiger partial charge in [0, 0.05) is 5.56 Å². The standard InChI is InChI=1S/C19H24O2/c1-4-6-14-8-10-18(20)17(12-14)15-9-11-19(21-3)16(13-15)7-5-2/h8-13,20H,4-7H2,1-3H3. The molecule has 112 valence electrons. The normalized spacial score (nSPS) is 10.6. The highest BCUT2D eigenvalue weighted by molar-refractivity contribution is 5.72. The van der Waals surface area contributed by atoms with Crippen LogP contribution in [0.3, 0.4) is 0 Å². The third-order valence-electron chi connectivity index (χ3n) is 3.71. The van der Waals surface area contributed by atoms with Crippen molar-refractivity contribution in [2.45, 2.75) is 39.5 Å². The van der Waals surface area contributed by atoms with Crippen LogP contribution < -0.4 is 4.74 Å². The molecule has 2 rings (SSSR count). The summed E-state index contributed by atoms with van der Waals surface area (Å²) in [5.74, 6) is 1.26. The van der Waals surface area contributed by atoms with Gasteiger partial charge < -0.3 is 9.84 Å². The summed E-state index contributed by atoms with van der Waals surface area (Å²) in [6.07, 6.45) is 4.19. The molecule has 0 unspecified atom stereocenters. The summed E-state index contributed by atoms with van der Waals surface area (Å²) in [4.78, 5) is 0. The first kappa shape index (κ1) is 15.4. The maximum absolute atomic E-state index is 10.2. The monoisotopic (exact) mass is 284 g/mol. The number of phenolic OH excluding ortho intramolecular Hbond substituents is 1. The average Bonchev–Trinajstić information content (AvgIpc) is 2.50. The third-order valence-corrected chi connectivity index (χ3v) is 3.71. The van der Waals surface area contributed by atoms with Gasteiger partial charge >= 0.3 is 0 Å². The van der Waals surface area contributed by atoms with Crippen molar-refractivity contribution in [3.8, 4) is 22.6 Å². The summed E-state index contributed by atoms with van der Waals surface area (Å²) < 4.78 is 5.42. The lowest BCUT2D eigenvalue weighted by atomic mass is 9.97. The summed E-state index contributed by atoms with van der Waals surface area (Å²) in [6, 6.07) is 12.0. The minimum atomic E-state index is 0.336. The lowest BCUT2D eigenvalue weighted by Gasteiger charge is -2.12. The number of phenols is 1. The highest BCUT2D eigenvalue weighted by Crippen LogP contribution is 2.33. The van der Waals surface area contributed by atoms with Gasteiger partial charge in [0.2, 0.25) is 0 Å². The van der Waals surface area contributed by atoms with Crippen molar-refractivity contribution in [3.63, 3.8) is 0 Å². The second-order valence-corrected chi connectivity index (χ2v) is 5.38. The van der Waals surface area contributed by atoms with Crippen LogP contribution in [0, 0.1) is 0 Å². The Kier molecular flexibility index (Phi) is 5.26. The van der Waals surface area contributed by atoms with Crippen LogP contribution in [0.1, 0.15) is 37.8 Å². The summed E-state index contributed by atoms with van der Waals surface area (Å²) in [7, 11) is 1.70. The first-order valence-corrected chi connectivity index (χ1v) is 7.68. The highest BCUT2D eigenvalue weighted by Gasteiger charge is 2.09. The molecule has 0 aliphatic carbocycles. The number of hydrogen-bond acceptors (Lipinski definition) is 2. The molecule has 0 bridgehead atoms. The first-order chi connectivity index (χ1) is 10.2. The van der Waals surface area contributed by atoms with Gasteiger partial charge in [0.15, 0.2) is 0 Å². The Morgan fingerprint density at radius 3 is 2.38 bits per heavy atom. The van der Waals surface area contributed by atoms with Gasteiger partial charge in [-0.3, -0.25) is 0 Å². The number of methoxy groups -OCH3 is 1. The number of ether oxygens (including phenoxy) is 1. The van der Waals surface area contributed by atoms with Crippen LogP contribution in [-0.2, 0) is 12.8 Å². The molecule has 2 aromatic carbocycles. The predicted molar refractivity (Wildman–Crippen MR) is 88.1 cm³/mol. The zero-order valence-electron chi connectivity index (χ0n) is 13.1. The summed E-state index contributed by atoms with van der Waals surface area (Å²) in [5, 5.41) is 10.2. The fraction of sp³-hybridized carbons (Fsp3) is 0.368. The van der Waals surface area contributed by atoms with Gasteiger partial charge in [0.1, 0.15) is 11.5 Å². The SMILES string of the molecule is CCCc1ccc(O)c(-c2ccc(OC)c(CCC)c2)c1. The second-order valence-electron chi connectivity index (χ2n) is 5.38. The topological polar surface area (TPSA) is 29.5 Å². The zero-order chi connectivity index (χ0) is 15.2. The lowest BCUT2D eigenvalue weighted by molar-refractivity contribution is 0.409. The highest BCUT2D eigenvalue weighted by atomic mass is 16.5. The van der Waals surface area contributed by atoms with E-state index in [0.717, 1.165) is 42.6 Å². The molecular formula is C19H24O2. The summed E-state index contributed by atoms with van der Waals surface area (Å²) in [5.41, 5.74) is 4.41. The molecule has 0 saturated carbocycles. The Labute approximate surface area is 127 Å². The molecule has 0 amide bonds. The van der Waals surface area contributed by atoms with Crippen LogP contribution >= 0.6 is 0 Å². The largest absolute Gasteiger partial charge is 0.507 e. The quantitative estimate of drug-likeness (QED) is 0.811. The summed E-state index contributed by atoms with van der Waals surface area (Å²) in [6.45, 7) is 4.32. The van der Waals surface area contributed by atoms with E-state index in [-0.39, 0.29) is 0 Å². The van der Waals surface area contributed by atoms with E-state index in [9.17, 15) is 5.11 Å². The Morgan fingerprint density at radius 2 is 1.71 bits per heavy atom. The number of hydrogen-bond donors (Lipinski definition) is 1. The van der Waals surface area contributed by atoms with Crippen molar-refractivity contribution >= 4 is 0 Å².